The van der Waals surface area contributed by atoms with E-state index in [0.717, 1.165) is 11.6 Å². The van der Waals surface area contributed by atoms with Gasteiger partial charge in [-0.3, -0.25) is 10.1 Å². The minimum absolute atomic E-state index is 0. The van der Waals surface area contributed by atoms with Crippen molar-refractivity contribution in [3.63, 3.8) is 0 Å². The van der Waals surface area contributed by atoms with E-state index in [4.69, 9.17) is 0 Å². The van der Waals surface area contributed by atoms with Crippen molar-refractivity contribution in [3.8, 4) is 0 Å². The average Bonchev–Trinajstić information content (AvgIpc) is 2.37. The summed E-state index contributed by atoms with van der Waals surface area (Å²) >= 11 is 1.75. The lowest BCUT2D eigenvalue weighted by Gasteiger charge is -2.04. The zero-order chi connectivity index (χ0) is 6.69. The molecule has 60 valence electrons. The molecule has 3 nitrogen and oxygen atoms in total. The highest BCUT2D eigenvalue weighted by molar-refractivity contribution is 7.99. The fourth-order valence-corrected chi connectivity index (χ4v) is 1.68. The topological polar surface area (TPSA) is 41.1 Å². The number of thioether (sulfide) groups is 1. The first-order valence-electron chi connectivity index (χ1n) is 2.87. The zero-order valence-corrected chi connectivity index (χ0v) is 7.35. The molecule has 0 aliphatic carbocycles. The Morgan fingerprint density at radius 1 is 1.80 bits per heavy atom. The SMILES string of the molecule is CNC(=O)C1CSCN1.Cl. The van der Waals surface area contributed by atoms with Crippen LogP contribution in [-0.4, -0.2) is 30.6 Å². The molecule has 0 aromatic carbocycles. The van der Waals surface area contributed by atoms with Crippen molar-refractivity contribution in [3.05, 3.63) is 0 Å². The first-order valence-corrected chi connectivity index (χ1v) is 4.03. The van der Waals surface area contributed by atoms with Crippen molar-refractivity contribution in [1.29, 1.82) is 0 Å². The molecular weight excluding hydrogens is 172 g/mol. The van der Waals surface area contributed by atoms with E-state index in [0.29, 0.717) is 0 Å². The van der Waals surface area contributed by atoms with Crippen LogP contribution in [0.15, 0.2) is 0 Å². The van der Waals surface area contributed by atoms with E-state index in [-0.39, 0.29) is 24.4 Å². The van der Waals surface area contributed by atoms with Gasteiger partial charge in [-0.1, -0.05) is 0 Å². The van der Waals surface area contributed by atoms with E-state index in [9.17, 15) is 4.79 Å². The molecule has 1 aliphatic heterocycles. The summed E-state index contributed by atoms with van der Waals surface area (Å²) < 4.78 is 0. The van der Waals surface area contributed by atoms with Crippen LogP contribution < -0.4 is 10.6 Å². The monoisotopic (exact) mass is 182 g/mol. The van der Waals surface area contributed by atoms with E-state index >= 15 is 0 Å². The Kier molecular flexibility index (Phi) is 4.85. The molecule has 1 heterocycles. The first kappa shape index (κ1) is 10.1. The van der Waals surface area contributed by atoms with Crippen LogP contribution >= 0.6 is 24.2 Å². The highest BCUT2D eigenvalue weighted by Gasteiger charge is 2.20. The number of carbonyl (C=O) groups excluding carboxylic acids is 1. The Morgan fingerprint density at radius 3 is 2.90 bits per heavy atom. The molecule has 1 atom stereocenters. The molecule has 1 amide bonds. The second kappa shape index (κ2) is 4.82. The molecule has 10 heavy (non-hydrogen) atoms. The van der Waals surface area contributed by atoms with Crippen LogP contribution in [-0.2, 0) is 4.79 Å². The highest BCUT2D eigenvalue weighted by Crippen LogP contribution is 2.08. The van der Waals surface area contributed by atoms with Gasteiger partial charge in [-0.25, -0.2) is 0 Å². The summed E-state index contributed by atoms with van der Waals surface area (Å²) in [6.45, 7) is 0. The van der Waals surface area contributed by atoms with Crippen LogP contribution in [0.4, 0.5) is 0 Å². The van der Waals surface area contributed by atoms with Crippen LogP contribution in [0.2, 0.25) is 0 Å². The second-order valence-electron chi connectivity index (χ2n) is 1.89. The van der Waals surface area contributed by atoms with Gasteiger partial charge in [-0.15, -0.1) is 24.2 Å². The summed E-state index contributed by atoms with van der Waals surface area (Å²) in [4.78, 5) is 10.8. The van der Waals surface area contributed by atoms with Crippen molar-refractivity contribution in [1.82, 2.24) is 10.6 Å². The largest absolute Gasteiger partial charge is 0.358 e. The predicted octanol–water partition coefficient (Wildman–Crippen LogP) is -0.183. The van der Waals surface area contributed by atoms with Crippen molar-refractivity contribution >= 4 is 30.1 Å². The van der Waals surface area contributed by atoms with Gasteiger partial charge in [0.05, 0.1) is 6.04 Å². The Labute approximate surface area is 70.7 Å². The lowest BCUT2D eigenvalue weighted by Crippen LogP contribution is -2.40. The van der Waals surface area contributed by atoms with Gasteiger partial charge < -0.3 is 5.32 Å². The number of halogens is 1. The first-order chi connectivity index (χ1) is 4.34. The van der Waals surface area contributed by atoms with Crippen molar-refractivity contribution < 1.29 is 4.79 Å². The minimum Gasteiger partial charge on any atom is -0.358 e. The normalized spacial score (nSPS) is 23.5. The van der Waals surface area contributed by atoms with E-state index in [2.05, 4.69) is 10.6 Å². The quantitative estimate of drug-likeness (QED) is 0.591. The molecule has 1 fully saturated rings. The van der Waals surface area contributed by atoms with Crippen molar-refractivity contribution in [2.45, 2.75) is 6.04 Å². The van der Waals surface area contributed by atoms with E-state index in [1.54, 1.807) is 18.8 Å². The third-order valence-corrected chi connectivity index (χ3v) is 2.22. The molecule has 1 unspecified atom stereocenters. The zero-order valence-electron chi connectivity index (χ0n) is 5.72. The standard InChI is InChI=1S/C5H10N2OS.ClH/c1-6-5(8)4-2-9-3-7-4;/h4,7H,2-3H2,1H3,(H,6,8);1H. The molecule has 0 spiro atoms. The molecule has 0 saturated carbocycles. The van der Waals surface area contributed by atoms with Gasteiger partial charge in [0.2, 0.25) is 5.91 Å². The Balaban J connectivity index is 0.000000810. The van der Waals surface area contributed by atoms with Gasteiger partial charge in [0.15, 0.2) is 0 Å². The van der Waals surface area contributed by atoms with Crippen molar-refractivity contribution in [2.24, 2.45) is 0 Å². The molecule has 1 aliphatic rings. The van der Waals surface area contributed by atoms with Gasteiger partial charge in [-0.2, -0.15) is 0 Å². The van der Waals surface area contributed by atoms with E-state index < -0.39 is 0 Å². The third kappa shape index (κ3) is 2.36. The van der Waals surface area contributed by atoms with Gasteiger partial charge in [-0.05, 0) is 0 Å². The summed E-state index contributed by atoms with van der Waals surface area (Å²) in [5, 5.41) is 5.65. The minimum atomic E-state index is 0. The second-order valence-corrected chi connectivity index (χ2v) is 2.92. The molecule has 1 saturated heterocycles. The number of hydrogen-bond acceptors (Lipinski definition) is 3. The molecule has 0 bridgehead atoms. The Bertz CT molecular complexity index is 116. The third-order valence-electron chi connectivity index (χ3n) is 1.28. The maximum absolute atomic E-state index is 10.8. The summed E-state index contributed by atoms with van der Waals surface area (Å²) in [7, 11) is 1.66. The smallest absolute Gasteiger partial charge is 0.237 e. The van der Waals surface area contributed by atoms with E-state index in [1.807, 2.05) is 0 Å². The molecule has 0 aromatic heterocycles. The summed E-state index contributed by atoms with van der Waals surface area (Å²) in [5.74, 6) is 1.90. The number of hydrogen-bond donors (Lipinski definition) is 2. The van der Waals surface area contributed by atoms with Gasteiger partial charge >= 0.3 is 0 Å². The van der Waals surface area contributed by atoms with E-state index in [1.165, 1.54) is 0 Å². The number of amides is 1. The molecular formula is C5H11ClN2OS. The lowest BCUT2D eigenvalue weighted by molar-refractivity contribution is -0.121. The Hall–Kier alpha value is 0.0700. The van der Waals surface area contributed by atoms with Crippen LogP contribution in [0, 0.1) is 0 Å². The number of carbonyl (C=O) groups is 1. The van der Waals surface area contributed by atoms with Crippen LogP contribution in [0.25, 0.3) is 0 Å². The van der Waals surface area contributed by atoms with Gasteiger partial charge in [0.1, 0.15) is 0 Å². The van der Waals surface area contributed by atoms with Gasteiger partial charge in [0.25, 0.3) is 0 Å². The summed E-state index contributed by atoms with van der Waals surface area (Å²) in [6, 6.07) is 0.0417. The lowest BCUT2D eigenvalue weighted by atomic mass is 10.3. The maximum atomic E-state index is 10.8. The predicted molar refractivity (Wildman–Crippen MR) is 45.6 cm³/mol. The molecule has 0 aromatic rings. The highest BCUT2D eigenvalue weighted by atomic mass is 35.5. The maximum Gasteiger partial charge on any atom is 0.237 e. The molecule has 5 heteroatoms. The fourth-order valence-electron chi connectivity index (χ4n) is 0.738. The van der Waals surface area contributed by atoms with Crippen LogP contribution in [0.1, 0.15) is 0 Å². The van der Waals surface area contributed by atoms with Crippen molar-refractivity contribution in [2.75, 3.05) is 18.7 Å². The van der Waals surface area contributed by atoms with Crippen LogP contribution in [0.5, 0.6) is 0 Å². The molecule has 0 radical (unpaired) electrons. The summed E-state index contributed by atoms with van der Waals surface area (Å²) in [6.07, 6.45) is 0. The average molecular weight is 183 g/mol. The molecule has 2 N–H and O–H groups in total. The van der Waals surface area contributed by atoms with Gasteiger partial charge in [0, 0.05) is 18.7 Å². The number of rotatable bonds is 1. The number of nitrogens with one attached hydrogen (secondary N) is 2. The van der Waals surface area contributed by atoms with Crippen LogP contribution in [0.3, 0.4) is 0 Å². The number of likely N-dealkylation sites (N-methyl/N-ethyl adjacent to an activating group) is 1. The Morgan fingerprint density at radius 2 is 2.50 bits per heavy atom. The fraction of sp³-hybridized carbons (Fsp3) is 0.800. The summed E-state index contributed by atoms with van der Waals surface area (Å²) in [5.41, 5.74) is 0. The molecule has 1 rings (SSSR count).